The molecule has 4 nitrogen and oxygen atoms in total. The summed E-state index contributed by atoms with van der Waals surface area (Å²) in [5.74, 6) is 0.692. The maximum Gasteiger partial charge on any atom is 0.212 e. The van der Waals surface area contributed by atoms with Gasteiger partial charge in [0.05, 0.1) is 0 Å². The van der Waals surface area contributed by atoms with Crippen LogP contribution >= 0.6 is 15.9 Å². The molecule has 0 bridgehead atoms. The molecule has 1 amide bonds. The molecule has 1 N–H and O–H groups in total. The van der Waals surface area contributed by atoms with E-state index in [9.17, 15) is 4.79 Å². The van der Waals surface area contributed by atoms with Gasteiger partial charge in [0.15, 0.2) is 0 Å². The first-order valence-electron chi connectivity index (χ1n) is 3.64. The summed E-state index contributed by atoms with van der Waals surface area (Å²) in [6, 6.07) is 3.68. The molecule has 0 aliphatic rings. The Labute approximate surface area is 82.7 Å². The van der Waals surface area contributed by atoms with Crippen LogP contribution in [-0.2, 0) is 4.79 Å². The van der Waals surface area contributed by atoms with Crippen molar-refractivity contribution in [1.82, 2.24) is 9.38 Å². The van der Waals surface area contributed by atoms with Gasteiger partial charge in [-0.3, -0.25) is 9.20 Å². The van der Waals surface area contributed by atoms with Crippen molar-refractivity contribution in [1.29, 1.82) is 0 Å². The number of amides is 1. The van der Waals surface area contributed by atoms with Gasteiger partial charge in [0.2, 0.25) is 6.41 Å². The molecule has 0 fully saturated rings. The maximum absolute atomic E-state index is 10.3. The molecule has 0 aliphatic carbocycles. The minimum atomic E-state index is 0.640. The van der Waals surface area contributed by atoms with E-state index in [1.54, 1.807) is 16.8 Å². The second kappa shape index (κ2) is 3.18. The van der Waals surface area contributed by atoms with Gasteiger partial charge in [-0.2, -0.15) is 0 Å². The number of halogens is 1. The highest BCUT2D eigenvalue weighted by molar-refractivity contribution is 9.10. The molecule has 5 heteroatoms. The zero-order valence-corrected chi connectivity index (χ0v) is 8.15. The fraction of sp³-hybridized carbons (Fsp3) is 0. The van der Waals surface area contributed by atoms with Gasteiger partial charge in [-0.05, 0) is 12.1 Å². The van der Waals surface area contributed by atoms with Gasteiger partial charge >= 0.3 is 0 Å². The molecule has 0 radical (unpaired) electrons. The van der Waals surface area contributed by atoms with Crippen LogP contribution in [0.3, 0.4) is 0 Å². The van der Waals surface area contributed by atoms with Crippen molar-refractivity contribution >= 4 is 33.8 Å². The third-order valence-corrected chi connectivity index (χ3v) is 2.14. The van der Waals surface area contributed by atoms with E-state index in [1.165, 1.54) is 0 Å². The third-order valence-electron chi connectivity index (χ3n) is 1.68. The molecular formula is C8H6BrN3O. The van der Waals surface area contributed by atoms with Crippen LogP contribution in [-0.4, -0.2) is 15.8 Å². The topological polar surface area (TPSA) is 46.4 Å². The Kier molecular flexibility index (Phi) is 2.02. The zero-order chi connectivity index (χ0) is 9.26. The number of anilines is 1. The summed E-state index contributed by atoms with van der Waals surface area (Å²) in [5, 5.41) is 2.59. The van der Waals surface area contributed by atoms with Crippen LogP contribution in [0.2, 0.25) is 0 Å². The van der Waals surface area contributed by atoms with E-state index >= 15 is 0 Å². The third kappa shape index (κ3) is 1.42. The van der Waals surface area contributed by atoms with Crippen molar-refractivity contribution < 1.29 is 4.79 Å². The lowest BCUT2D eigenvalue weighted by atomic mass is 10.4. The van der Waals surface area contributed by atoms with Crippen molar-refractivity contribution in [2.45, 2.75) is 0 Å². The van der Waals surface area contributed by atoms with Crippen LogP contribution in [0, 0.1) is 0 Å². The minimum Gasteiger partial charge on any atom is -0.314 e. The molecular weight excluding hydrogens is 234 g/mol. The first-order chi connectivity index (χ1) is 6.31. The number of nitrogens with one attached hydrogen (secondary N) is 1. The highest BCUT2D eigenvalue weighted by Gasteiger charge is 2.01. The molecule has 2 aromatic heterocycles. The van der Waals surface area contributed by atoms with E-state index in [0.717, 1.165) is 10.1 Å². The number of hydrogen-bond acceptors (Lipinski definition) is 2. The van der Waals surface area contributed by atoms with Gasteiger partial charge in [-0.25, -0.2) is 4.98 Å². The van der Waals surface area contributed by atoms with Crippen LogP contribution < -0.4 is 5.32 Å². The van der Waals surface area contributed by atoms with Crippen LogP contribution in [0.5, 0.6) is 0 Å². The Bertz CT molecular complexity index is 452. The summed E-state index contributed by atoms with van der Waals surface area (Å²) in [6.45, 7) is 0. The summed E-state index contributed by atoms with van der Waals surface area (Å²) in [6.07, 6.45) is 4.10. The molecule has 0 atom stereocenters. The number of pyridine rings is 1. The zero-order valence-electron chi connectivity index (χ0n) is 6.57. The average Bonchev–Trinajstić information content (AvgIpc) is 2.52. The number of fused-ring (bicyclic) bond motifs is 1. The minimum absolute atomic E-state index is 0.640. The first-order valence-corrected chi connectivity index (χ1v) is 4.43. The largest absolute Gasteiger partial charge is 0.314 e. The quantitative estimate of drug-likeness (QED) is 0.811. The molecule has 0 unspecified atom stereocenters. The van der Waals surface area contributed by atoms with Crippen molar-refractivity contribution in [3.05, 3.63) is 29.0 Å². The number of imidazole rings is 1. The Hall–Kier alpha value is -1.36. The SMILES string of the molecule is O=CNc1cc(Br)cc2nccn12. The van der Waals surface area contributed by atoms with Gasteiger partial charge in [0, 0.05) is 16.9 Å². The predicted octanol–water partition coefficient (Wildman–Crippen LogP) is 1.67. The number of hydrogen-bond donors (Lipinski definition) is 1. The number of nitrogens with zero attached hydrogens (tertiary/aromatic N) is 2. The van der Waals surface area contributed by atoms with E-state index in [0.29, 0.717) is 12.2 Å². The summed E-state index contributed by atoms with van der Waals surface area (Å²) in [5.41, 5.74) is 0.790. The monoisotopic (exact) mass is 239 g/mol. The fourth-order valence-corrected chi connectivity index (χ4v) is 1.58. The number of carbonyl (C=O) groups excluding carboxylic acids is 1. The summed E-state index contributed by atoms with van der Waals surface area (Å²) in [7, 11) is 0. The number of carbonyl (C=O) groups is 1. The molecule has 2 aromatic rings. The fourth-order valence-electron chi connectivity index (χ4n) is 1.16. The number of aromatic nitrogens is 2. The van der Waals surface area contributed by atoms with Crippen LogP contribution in [0.4, 0.5) is 5.82 Å². The highest BCUT2D eigenvalue weighted by Crippen LogP contribution is 2.18. The Morgan fingerprint density at radius 3 is 3.15 bits per heavy atom. The van der Waals surface area contributed by atoms with Crippen LogP contribution in [0.1, 0.15) is 0 Å². The van der Waals surface area contributed by atoms with E-state index in [1.807, 2.05) is 12.1 Å². The first kappa shape index (κ1) is 8.25. The van der Waals surface area contributed by atoms with Gasteiger partial charge in [-0.1, -0.05) is 15.9 Å². The Morgan fingerprint density at radius 2 is 2.38 bits per heavy atom. The van der Waals surface area contributed by atoms with Crippen molar-refractivity contribution in [2.75, 3.05) is 5.32 Å². The van der Waals surface area contributed by atoms with E-state index in [4.69, 9.17) is 0 Å². The molecule has 66 valence electrons. The molecule has 0 saturated heterocycles. The molecule has 2 rings (SSSR count). The van der Waals surface area contributed by atoms with Gasteiger partial charge in [0.1, 0.15) is 11.5 Å². The Balaban J connectivity index is 2.69. The summed E-state index contributed by atoms with van der Waals surface area (Å²) < 4.78 is 2.68. The maximum atomic E-state index is 10.3. The predicted molar refractivity (Wildman–Crippen MR) is 52.6 cm³/mol. The van der Waals surface area contributed by atoms with Crippen molar-refractivity contribution in [2.24, 2.45) is 0 Å². The lowest BCUT2D eigenvalue weighted by Crippen LogP contribution is -2.00. The number of rotatable bonds is 2. The van der Waals surface area contributed by atoms with E-state index in [2.05, 4.69) is 26.2 Å². The second-order valence-corrected chi connectivity index (χ2v) is 3.39. The lowest BCUT2D eigenvalue weighted by Gasteiger charge is -2.03. The van der Waals surface area contributed by atoms with Gasteiger partial charge < -0.3 is 5.32 Å². The van der Waals surface area contributed by atoms with E-state index < -0.39 is 0 Å². The van der Waals surface area contributed by atoms with Crippen LogP contribution in [0.25, 0.3) is 5.65 Å². The van der Waals surface area contributed by atoms with E-state index in [-0.39, 0.29) is 0 Å². The normalized spacial score (nSPS) is 10.2. The van der Waals surface area contributed by atoms with Crippen LogP contribution in [0.15, 0.2) is 29.0 Å². The molecule has 13 heavy (non-hydrogen) atoms. The average molecular weight is 240 g/mol. The molecule has 0 aliphatic heterocycles. The van der Waals surface area contributed by atoms with Crippen molar-refractivity contribution in [3.8, 4) is 0 Å². The summed E-state index contributed by atoms with van der Waals surface area (Å²) in [4.78, 5) is 14.4. The molecule has 0 spiro atoms. The van der Waals surface area contributed by atoms with Crippen molar-refractivity contribution in [3.63, 3.8) is 0 Å². The van der Waals surface area contributed by atoms with Gasteiger partial charge in [-0.15, -0.1) is 0 Å². The van der Waals surface area contributed by atoms with Gasteiger partial charge in [0.25, 0.3) is 0 Å². The Morgan fingerprint density at radius 1 is 1.54 bits per heavy atom. The molecule has 2 heterocycles. The smallest absolute Gasteiger partial charge is 0.212 e. The second-order valence-electron chi connectivity index (χ2n) is 2.48. The highest BCUT2D eigenvalue weighted by atomic mass is 79.9. The standard InChI is InChI=1S/C8H6BrN3O/c9-6-3-7-10-1-2-12(7)8(4-6)11-5-13/h1-5H,(H,11,13). The lowest BCUT2D eigenvalue weighted by molar-refractivity contribution is -0.105. The molecule has 0 saturated carbocycles. The summed E-state index contributed by atoms with van der Waals surface area (Å²) >= 11 is 3.33. The molecule has 0 aromatic carbocycles.